The maximum Gasteiger partial charge on any atom is 0.411 e. The molecule has 0 spiro atoms. The number of aromatic amines is 1. The molecular formula is C20H19N5O4. The van der Waals surface area contributed by atoms with Crippen LogP contribution in [0.4, 0.5) is 4.79 Å². The van der Waals surface area contributed by atoms with E-state index in [1.54, 1.807) is 6.07 Å². The van der Waals surface area contributed by atoms with Crippen LogP contribution in [0.1, 0.15) is 18.2 Å². The molecule has 0 aliphatic carbocycles. The lowest BCUT2D eigenvalue weighted by Crippen LogP contribution is -2.17. The van der Waals surface area contributed by atoms with E-state index in [1.165, 1.54) is 10.7 Å². The van der Waals surface area contributed by atoms with Crippen LogP contribution in [0.2, 0.25) is 0 Å². The molecule has 9 nitrogen and oxygen atoms in total. The second kappa shape index (κ2) is 6.86. The van der Waals surface area contributed by atoms with Crippen LogP contribution < -0.4 is 10.5 Å². The Morgan fingerprint density at radius 3 is 2.76 bits per heavy atom. The molecule has 4 aromatic rings. The van der Waals surface area contributed by atoms with E-state index >= 15 is 0 Å². The zero-order valence-electron chi connectivity index (χ0n) is 15.8. The van der Waals surface area contributed by atoms with Crippen molar-refractivity contribution < 1.29 is 19.7 Å². The van der Waals surface area contributed by atoms with E-state index in [1.807, 2.05) is 38.1 Å². The summed E-state index contributed by atoms with van der Waals surface area (Å²) < 4.78 is 6.45. The highest BCUT2D eigenvalue weighted by atomic mass is 16.6. The zero-order chi connectivity index (χ0) is 20.7. The Morgan fingerprint density at radius 1 is 1.24 bits per heavy atom. The number of phenolic OH excluding ortho intramolecular Hbond substituents is 2. The number of H-pyrrole nitrogens is 1. The number of fused-ring (bicyclic) bond motifs is 1. The van der Waals surface area contributed by atoms with Crippen LogP contribution in [0.3, 0.4) is 0 Å². The number of primary amides is 1. The lowest BCUT2D eigenvalue weighted by atomic mass is 10.1. The Kier molecular flexibility index (Phi) is 4.34. The number of ether oxygens (including phenoxy) is 1. The fraction of sp³-hybridized carbons (Fsp3) is 0.150. The van der Waals surface area contributed by atoms with Crippen molar-refractivity contribution >= 4 is 17.0 Å². The maximum atomic E-state index is 11.4. The van der Waals surface area contributed by atoms with Gasteiger partial charge >= 0.3 is 6.09 Å². The molecule has 0 unspecified atom stereocenters. The van der Waals surface area contributed by atoms with E-state index in [2.05, 4.69) is 15.3 Å². The summed E-state index contributed by atoms with van der Waals surface area (Å²) in [6.45, 7) is 3.81. The molecule has 1 amide bonds. The number of carbonyl (C=O) groups excluding carboxylic acids is 1. The van der Waals surface area contributed by atoms with Crippen molar-refractivity contribution in [2.24, 2.45) is 5.73 Å². The minimum atomic E-state index is -1.03. The van der Waals surface area contributed by atoms with Crippen molar-refractivity contribution in [2.45, 2.75) is 20.3 Å². The fourth-order valence-electron chi connectivity index (χ4n) is 3.39. The van der Waals surface area contributed by atoms with Gasteiger partial charge in [-0.05, 0) is 37.1 Å². The molecule has 0 atom stereocenters. The van der Waals surface area contributed by atoms with Gasteiger partial charge in [0.05, 0.1) is 0 Å². The molecule has 0 bridgehead atoms. The van der Waals surface area contributed by atoms with E-state index in [0.717, 1.165) is 16.6 Å². The Balaban J connectivity index is 2.03. The highest BCUT2D eigenvalue weighted by molar-refractivity contribution is 5.96. The molecular weight excluding hydrogens is 374 g/mol. The second-order valence-electron chi connectivity index (χ2n) is 6.62. The predicted molar refractivity (Wildman–Crippen MR) is 106 cm³/mol. The van der Waals surface area contributed by atoms with E-state index in [9.17, 15) is 15.0 Å². The molecule has 2 aromatic carbocycles. The monoisotopic (exact) mass is 393 g/mol. The van der Waals surface area contributed by atoms with Gasteiger partial charge in [0.2, 0.25) is 0 Å². The van der Waals surface area contributed by atoms with Crippen molar-refractivity contribution in [3.8, 4) is 34.3 Å². The normalized spacial score (nSPS) is 11.1. The number of hydrogen-bond acceptors (Lipinski definition) is 6. The van der Waals surface area contributed by atoms with Gasteiger partial charge in [0.25, 0.3) is 5.88 Å². The van der Waals surface area contributed by atoms with Gasteiger partial charge in [-0.2, -0.15) is 0 Å². The van der Waals surface area contributed by atoms with Crippen LogP contribution in [0.15, 0.2) is 36.4 Å². The summed E-state index contributed by atoms with van der Waals surface area (Å²) in [5, 5.41) is 29.4. The van der Waals surface area contributed by atoms with Crippen LogP contribution in [0.5, 0.6) is 17.4 Å². The van der Waals surface area contributed by atoms with Gasteiger partial charge in [-0.1, -0.05) is 29.4 Å². The number of aromatic hydroxyl groups is 2. The van der Waals surface area contributed by atoms with Gasteiger partial charge < -0.3 is 25.7 Å². The van der Waals surface area contributed by atoms with E-state index in [0.29, 0.717) is 23.2 Å². The standard InChI is InChI=1S/C20H19N5O4/c1-3-11-8-15(17(27)9-16(11)26)25-18(19(23-24-25)29-20(21)28)12-5-4-6-14-13(12)7-10(2)22-14/h4-9,22,26-27H,3H2,1-2H3,(H2,21,28). The first-order valence-electron chi connectivity index (χ1n) is 8.96. The molecule has 29 heavy (non-hydrogen) atoms. The Hall–Kier alpha value is -4.01. The third-order valence-corrected chi connectivity index (χ3v) is 4.68. The number of nitrogens with zero attached hydrogens (tertiary/aromatic N) is 3. The highest BCUT2D eigenvalue weighted by Gasteiger charge is 2.24. The average Bonchev–Trinajstić information content (AvgIpc) is 3.23. The number of nitrogens with one attached hydrogen (secondary N) is 1. The molecule has 0 radical (unpaired) electrons. The van der Waals surface area contributed by atoms with E-state index in [4.69, 9.17) is 10.5 Å². The predicted octanol–water partition coefficient (Wildman–Crippen LogP) is 3.16. The summed E-state index contributed by atoms with van der Waals surface area (Å²) in [5.74, 6) is -0.310. The molecule has 0 aliphatic rings. The first-order valence-corrected chi connectivity index (χ1v) is 8.96. The number of nitrogens with two attached hydrogens (primary N) is 1. The first kappa shape index (κ1) is 18.4. The van der Waals surface area contributed by atoms with Crippen molar-refractivity contribution in [3.05, 3.63) is 47.7 Å². The summed E-state index contributed by atoms with van der Waals surface area (Å²) >= 11 is 0. The average molecular weight is 393 g/mol. The van der Waals surface area contributed by atoms with Crippen LogP contribution in [-0.2, 0) is 6.42 Å². The maximum absolute atomic E-state index is 11.4. The molecule has 5 N–H and O–H groups in total. The fourth-order valence-corrected chi connectivity index (χ4v) is 3.39. The smallest absolute Gasteiger partial charge is 0.411 e. The molecule has 9 heteroatoms. The lowest BCUT2D eigenvalue weighted by molar-refractivity contribution is 0.209. The summed E-state index contributed by atoms with van der Waals surface area (Å²) in [4.78, 5) is 14.7. The molecule has 2 aromatic heterocycles. The topological polar surface area (TPSA) is 139 Å². The van der Waals surface area contributed by atoms with Gasteiger partial charge in [0.1, 0.15) is 22.9 Å². The SMILES string of the molecule is CCc1cc(-n2nnc(OC(N)=O)c2-c2cccc3[nH]c(C)cc23)c(O)cc1O. The van der Waals surface area contributed by atoms with Crippen LogP contribution in [0, 0.1) is 6.92 Å². The molecule has 4 rings (SSSR count). The molecule has 0 saturated carbocycles. The number of aryl methyl sites for hydroxylation is 2. The van der Waals surface area contributed by atoms with Gasteiger partial charge in [-0.25, -0.2) is 9.48 Å². The number of rotatable bonds is 4. The van der Waals surface area contributed by atoms with Crippen molar-refractivity contribution in [1.29, 1.82) is 0 Å². The van der Waals surface area contributed by atoms with Gasteiger partial charge in [-0.15, -0.1) is 0 Å². The number of benzene rings is 2. The Morgan fingerprint density at radius 2 is 2.03 bits per heavy atom. The second-order valence-corrected chi connectivity index (χ2v) is 6.62. The number of amides is 1. The third kappa shape index (κ3) is 3.12. The summed E-state index contributed by atoms with van der Waals surface area (Å²) in [5.41, 5.74) is 8.95. The first-order chi connectivity index (χ1) is 13.9. The minimum Gasteiger partial charge on any atom is -0.508 e. The van der Waals surface area contributed by atoms with Gasteiger partial charge in [0.15, 0.2) is 0 Å². The summed E-state index contributed by atoms with van der Waals surface area (Å²) in [6.07, 6.45) is -0.486. The van der Waals surface area contributed by atoms with Gasteiger partial charge in [0, 0.05) is 28.2 Å². The van der Waals surface area contributed by atoms with Crippen LogP contribution >= 0.6 is 0 Å². The Labute approximate surface area is 165 Å². The number of aromatic nitrogens is 4. The number of phenols is 2. The van der Waals surface area contributed by atoms with Gasteiger partial charge in [-0.3, -0.25) is 0 Å². The summed E-state index contributed by atoms with van der Waals surface area (Å²) in [7, 11) is 0. The number of hydrogen-bond donors (Lipinski definition) is 4. The third-order valence-electron chi connectivity index (χ3n) is 4.68. The van der Waals surface area contributed by atoms with Crippen molar-refractivity contribution in [2.75, 3.05) is 0 Å². The molecule has 0 fully saturated rings. The largest absolute Gasteiger partial charge is 0.508 e. The molecule has 2 heterocycles. The van der Waals surface area contributed by atoms with E-state index < -0.39 is 6.09 Å². The van der Waals surface area contributed by atoms with Crippen LogP contribution in [-0.4, -0.2) is 36.3 Å². The number of carbonyl (C=O) groups is 1. The molecule has 148 valence electrons. The summed E-state index contributed by atoms with van der Waals surface area (Å²) in [6, 6.07) is 10.4. The van der Waals surface area contributed by atoms with E-state index in [-0.39, 0.29) is 23.1 Å². The molecule has 0 saturated heterocycles. The zero-order valence-corrected chi connectivity index (χ0v) is 15.8. The lowest BCUT2D eigenvalue weighted by Gasteiger charge is -2.12. The minimum absolute atomic E-state index is 0.0209. The highest BCUT2D eigenvalue weighted by Crippen LogP contribution is 2.38. The quantitative estimate of drug-likeness (QED) is 0.420. The van der Waals surface area contributed by atoms with Crippen molar-refractivity contribution in [3.63, 3.8) is 0 Å². The molecule has 0 aliphatic heterocycles. The van der Waals surface area contributed by atoms with Crippen molar-refractivity contribution in [1.82, 2.24) is 20.0 Å². The Bertz CT molecular complexity index is 1240. The van der Waals surface area contributed by atoms with Crippen LogP contribution in [0.25, 0.3) is 27.8 Å².